The third-order valence-corrected chi connectivity index (χ3v) is 6.24. The first-order chi connectivity index (χ1) is 22.3. The van der Waals surface area contributed by atoms with E-state index in [-0.39, 0.29) is 16.9 Å². The summed E-state index contributed by atoms with van der Waals surface area (Å²) in [5.74, 6) is -2.77. The number of nitrogens with one attached hydrogen (secondary N) is 2. The van der Waals surface area contributed by atoms with Gasteiger partial charge in [-0.15, -0.1) is 0 Å². The minimum Gasteiger partial charge on any atom is -0.478 e. The van der Waals surface area contributed by atoms with Crippen molar-refractivity contribution in [3.05, 3.63) is 120 Å². The average molecular weight is 646 g/mol. The molecule has 3 heterocycles. The van der Waals surface area contributed by atoms with Crippen LogP contribution in [0.5, 0.6) is 0 Å². The summed E-state index contributed by atoms with van der Waals surface area (Å²) in [5, 5.41) is 21.3. The summed E-state index contributed by atoms with van der Waals surface area (Å²) in [6, 6.07) is 13.7. The molecule has 2 aromatic carbocycles. The first kappa shape index (κ1) is 33.5. The average Bonchev–Trinajstić information content (AvgIpc) is 3.47. The zero-order chi connectivity index (χ0) is 34.1. The first-order valence-corrected chi connectivity index (χ1v) is 13.6. The number of rotatable bonds is 8. The molecule has 0 saturated carbocycles. The molecular weight excluding hydrogens is 619 g/mol. The number of carbonyl (C=O) groups excluding carboxylic acids is 1. The monoisotopic (exact) mass is 645 g/mol. The molecule has 12 nitrogen and oxygen atoms in total. The number of pyridine rings is 1. The Morgan fingerprint density at radius 3 is 2.28 bits per heavy atom. The fourth-order valence-corrected chi connectivity index (χ4v) is 4.02. The Labute approximate surface area is 265 Å². The summed E-state index contributed by atoms with van der Waals surface area (Å²) in [6.45, 7) is 3.58. The van der Waals surface area contributed by atoms with Gasteiger partial charge in [0, 0.05) is 65.1 Å². The number of carboxylic acid groups (broad SMARTS) is 2. The summed E-state index contributed by atoms with van der Waals surface area (Å²) in [4.78, 5) is 49.2. The Morgan fingerprint density at radius 2 is 1.66 bits per heavy atom. The first-order valence-electron chi connectivity index (χ1n) is 13.6. The molecular formula is C32H26F3N7O5. The van der Waals surface area contributed by atoms with Gasteiger partial charge < -0.3 is 25.4 Å². The van der Waals surface area contributed by atoms with Gasteiger partial charge >= 0.3 is 18.1 Å². The van der Waals surface area contributed by atoms with Gasteiger partial charge in [0.1, 0.15) is 0 Å². The molecule has 0 fully saturated rings. The molecule has 0 saturated heterocycles. The predicted octanol–water partition coefficient (Wildman–Crippen LogP) is 6.07. The van der Waals surface area contributed by atoms with E-state index in [0.717, 1.165) is 23.3 Å². The number of amides is 1. The van der Waals surface area contributed by atoms with Crippen molar-refractivity contribution < 1.29 is 37.8 Å². The van der Waals surface area contributed by atoms with Gasteiger partial charge in [0.2, 0.25) is 5.95 Å². The Morgan fingerprint density at radius 1 is 0.915 bits per heavy atom. The molecule has 4 N–H and O–H groups in total. The van der Waals surface area contributed by atoms with Crippen LogP contribution in [0.3, 0.4) is 0 Å². The number of nitrogens with zero attached hydrogens (tertiary/aromatic N) is 5. The molecule has 1 amide bonds. The molecule has 3 aromatic heterocycles. The molecule has 0 aliphatic carbocycles. The van der Waals surface area contributed by atoms with Gasteiger partial charge in [0.05, 0.1) is 23.3 Å². The predicted molar refractivity (Wildman–Crippen MR) is 165 cm³/mol. The Bertz CT molecular complexity index is 1930. The number of imidazole rings is 1. The molecule has 5 rings (SSSR count). The van der Waals surface area contributed by atoms with Crippen LogP contribution in [-0.4, -0.2) is 52.6 Å². The van der Waals surface area contributed by atoms with Crippen molar-refractivity contribution in [1.29, 1.82) is 0 Å². The number of hydrogen-bond acceptors (Lipinski definition) is 8. The van der Waals surface area contributed by atoms with Crippen molar-refractivity contribution >= 4 is 35.2 Å². The maximum Gasteiger partial charge on any atom is 0.416 e. The number of aromatic nitrogens is 5. The fourth-order valence-electron chi connectivity index (χ4n) is 4.02. The minimum atomic E-state index is -4.60. The molecule has 5 aromatic rings. The number of aryl methyl sites for hydroxylation is 2. The van der Waals surface area contributed by atoms with Crippen molar-refractivity contribution in [3.63, 3.8) is 0 Å². The lowest BCUT2D eigenvalue weighted by Gasteiger charge is -2.14. The molecule has 0 radical (unpaired) electrons. The van der Waals surface area contributed by atoms with Crippen LogP contribution in [-0.2, 0) is 15.8 Å². The minimum absolute atomic E-state index is 0.00114. The van der Waals surface area contributed by atoms with Crippen LogP contribution in [0.15, 0.2) is 97.9 Å². The molecule has 0 bridgehead atoms. The maximum atomic E-state index is 13.6. The number of benzene rings is 2. The van der Waals surface area contributed by atoms with Gasteiger partial charge in [0.25, 0.3) is 5.91 Å². The summed E-state index contributed by atoms with van der Waals surface area (Å²) in [7, 11) is 0. The van der Waals surface area contributed by atoms with Gasteiger partial charge in [-0.05, 0) is 67.9 Å². The second kappa shape index (κ2) is 14.6. The Kier molecular flexibility index (Phi) is 10.4. The Balaban J connectivity index is 0.000000555. The molecule has 0 aliphatic heterocycles. The van der Waals surface area contributed by atoms with Crippen molar-refractivity contribution in [2.24, 2.45) is 0 Å². The van der Waals surface area contributed by atoms with E-state index >= 15 is 0 Å². The number of anilines is 3. The van der Waals surface area contributed by atoms with E-state index in [2.05, 4.69) is 30.6 Å². The van der Waals surface area contributed by atoms with E-state index in [1.54, 1.807) is 62.0 Å². The smallest absolute Gasteiger partial charge is 0.416 e. The molecule has 0 atom stereocenters. The van der Waals surface area contributed by atoms with Gasteiger partial charge in [0.15, 0.2) is 0 Å². The number of carbonyl (C=O) groups is 3. The lowest BCUT2D eigenvalue weighted by Crippen LogP contribution is -2.14. The zero-order valence-electron chi connectivity index (χ0n) is 24.7. The van der Waals surface area contributed by atoms with Crippen LogP contribution in [0.2, 0.25) is 0 Å². The van der Waals surface area contributed by atoms with Crippen LogP contribution < -0.4 is 10.6 Å². The van der Waals surface area contributed by atoms with Gasteiger partial charge in [-0.2, -0.15) is 13.2 Å². The second-order valence-corrected chi connectivity index (χ2v) is 9.81. The SMILES string of the molecule is Cc1cn(-c2cc(NC(=O)c3ccc(C)c(Nc4nccc(-c5cccnc5)n4)c3)cc(C(F)(F)F)c2)cn1.O=C(O)C=CC(=O)O. The second-order valence-electron chi connectivity index (χ2n) is 9.81. The largest absolute Gasteiger partial charge is 0.478 e. The topological polar surface area (TPSA) is 172 Å². The zero-order valence-corrected chi connectivity index (χ0v) is 24.7. The summed E-state index contributed by atoms with van der Waals surface area (Å²) < 4.78 is 42.3. The quantitative estimate of drug-likeness (QED) is 0.145. The van der Waals surface area contributed by atoms with Crippen molar-refractivity contribution in [3.8, 4) is 16.9 Å². The number of aliphatic carboxylic acids is 2. The normalized spacial score (nSPS) is 11.0. The van der Waals surface area contributed by atoms with Crippen molar-refractivity contribution in [2.75, 3.05) is 10.6 Å². The highest BCUT2D eigenvalue weighted by molar-refractivity contribution is 6.05. The third-order valence-electron chi connectivity index (χ3n) is 6.24. The molecule has 0 unspecified atom stereocenters. The van der Waals surface area contributed by atoms with Crippen molar-refractivity contribution in [1.82, 2.24) is 24.5 Å². The highest BCUT2D eigenvalue weighted by atomic mass is 19.4. The lowest BCUT2D eigenvalue weighted by molar-refractivity contribution is -0.137. The molecule has 47 heavy (non-hydrogen) atoms. The van der Waals surface area contributed by atoms with E-state index in [4.69, 9.17) is 10.2 Å². The van der Waals surface area contributed by atoms with Crippen LogP contribution in [0, 0.1) is 13.8 Å². The highest BCUT2D eigenvalue weighted by Gasteiger charge is 2.31. The van der Waals surface area contributed by atoms with Crippen LogP contribution in [0.4, 0.5) is 30.5 Å². The maximum absolute atomic E-state index is 13.6. The van der Waals surface area contributed by atoms with E-state index in [1.165, 1.54) is 17.0 Å². The molecule has 15 heteroatoms. The highest BCUT2D eigenvalue weighted by Crippen LogP contribution is 2.33. The fraction of sp³-hybridized carbons (Fsp3) is 0.0938. The van der Waals surface area contributed by atoms with E-state index in [1.807, 2.05) is 13.0 Å². The van der Waals surface area contributed by atoms with E-state index in [0.29, 0.717) is 35.2 Å². The number of alkyl halides is 3. The van der Waals surface area contributed by atoms with Gasteiger partial charge in [-0.25, -0.2) is 24.5 Å². The summed E-state index contributed by atoms with van der Waals surface area (Å²) >= 11 is 0. The molecule has 240 valence electrons. The van der Waals surface area contributed by atoms with E-state index < -0.39 is 29.6 Å². The molecule has 0 aliphatic rings. The van der Waals surface area contributed by atoms with E-state index in [9.17, 15) is 27.6 Å². The van der Waals surface area contributed by atoms with Gasteiger partial charge in [-0.1, -0.05) is 6.07 Å². The third kappa shape index (κ3) is 9.55. The summed E-state index contributed by atoms with van der Waals surface area (Å²) in [6.07, 6.45) is 4.50. The van der Waals surface area contributed by atoms with Crippen LogP contribution in [0.1, 0.15) is 27.2 Å². The van der Waals surface area contributed by atoms with Gasteiger partial charge in [-0.3, -0.25) is 9.78 Å². The number of hydrogen-bond donors (Lipinski definition) is 4. The Hall–Kier alpha value is -6.38. The standard InChI is InChI=1S/C28H22F3N7O.C4H4O4/c1-17-5-6-19(10-25(17)37-27-33-9-7-24(36-27)20-4-3-8-32-14-20)26(39)35-22-11-21(28(29,30)31)12-23(13-22)38-15-18(2)34-16-38;5-3(6)1-2-4(7)8/h3-16H,1-2H3,(H,35,39)(H,33,36,37);1-2H,(H,5,6)(H,7,8). The lowest BCUT2D eigenvalue weighted by atomic mass is 10.1. The number of carboxylic acids is 2. The van der Waals surface area contributed by atoms with Crippen LogP contribution in [0.25, 0.3) is 16.9 Å². The van der Waals surface area contributed by atoms with Crippen LogP contribution >= 0.6 is 0 Å². The summed E-state index contributed by atoms with van der Waals surface area (Å²) in [5.41, 5.74) is 3.09. The molecule has 0 spiro atoms. The number of halogens is 3. The van der Waals surface area contributed by atoms with Crippen molar-refractivity contribution in [2.45, 2.75) is 20.0 Å².